The molecule has 0 aromatic heterocycles. The van der Waals surface area contributed by atoms with E-state index >= 15 is 0 Å². The van der Waals surface area contributed by atoms with Crippen LogP contribution >= 0.6 is 0 Å². The molecule has 1 N–H and O–H groups in total. The van der Waals surface area contributed by atoms with Crippen LogP contribution in [0.15, 0.2) is 12.1 Å². The predicted molar refractivity (Wildman–Crippen MR) is 76.6 cm³/mol. The molecule has 0 radical (unpaired) electrons. The van der Waals surface area contributed by atoms with Crippen molar-refractivity contribution in [3.05, 3.63) is 28.8 Å². The molecule has 0 aliphatic heterocycles. The number of nitrogens with one attached hydrogen (secondary N) is 1. The molecule has 2 rings (SSSR count). The summed E-state index contributed by atoms with van der Waals surface area (Å²) in [5.74, 6) is 1.95. The first-order valence-electron chi connectivity index (χ1n) is 6.92. The molecule has 1 atom stereocenters. The van der Waals surface area contributed by atoms with Crippen LogP contribution in [-0.2, 0) is 4.79 Å². The highest BCUT2D eigenvalue weighted by atomic mass is 16.5. The molecule has 0 spiro atoms. The predicted octanol–water partition coefficient (Wildman–Crippen LogP) is 2.94. The highest BCUT2D eigenvalue weighted by Crippen LogP contribution is 2.47. The molecule has 1 aliphatic carbocycles. The van der Waals surface area contributed by atoms with E-state index in [1.807, 2.05) is 0 Å². The number of rotatable bonds is 5. The molecular formula is C16H23NO2. The molecule has 0 saturated heterocycles. The van der Waals surface area contributed by atoms with E-state index in [0.717, 1.165) is 5.75 Å². The van der Waals surface area contributed by atoms with Crippen LogP contribution in [-0.4, -0.2) is 20.1 Å². The van der Waals surface area contributed by atoms with Gasteiger partial charge in [-0.05, 0) is 61.3 Å². The Morgan fingerprint density at radius 3 is 2.53 bits per heavy atom. The Kier molecular flexibility index (Phi) is 4.13. The van der Waals surface area contributed by atoms with Crippen molar-refractivity contribution in [2.24, 2.45) is 5.92 Å². The Bertz CT molecular complexity index is 478. The van der Waals surface area contributed by atoms with Crippen molar-refractivity contribution in [3.8, 4) is 5.75 Å². The normalized spacial score (nSPS) is 16.0. The van der Waals surface area contributed by atoms with Gasteiger partial charge in [0.15, 0.2) is 0 Å². The van der Waals surface area contributed by atoms with Crippen LogP contribution in [0.4, 0.5) is 0 Å². The first-order valence-corrected chi connectivity index (χ1v) is 6.92. The summed E-state index contributed by atoms with van der Waals surface area (Å²) >= 11 is 0. The third-order valence-corrected chi connectivity index (χ3v) is 4.12. The molecule has 1 amide bonds. The molecule has 19 heavy (non-hydrogen) atoms. The summed E-state index contributed by atoms with van der Waals surface area (Å²) in [6, 6.07) is 4.28. The highest BCUT2D eigenvalue weighted by Gasteiger charge is 2.35. The fourth-order valence-electron chi connectivity index (χ4n) is 2.61. The van der Waals surface area contributed by atoms with Crippen LogP contribution < -0.4 is 10.1 Å². The van der Waals surface area contributed by atoms with Gasteiger partial charge >= 0.3 is 0 Å². The maximum absolute atomic E-state index is 11.7. The van der Waals surface area contributed by atoms with E-state index in [2.05, 4.69) is 31.3 Å². The summed E-state index contributed by atoms with van der Waals surface area (Å²) in [4.78, 5) is 11.7. The zero-order valence-corrected chi connectivity index (χ0v) is 12.2. The molecule has 1 aromatic carbocycles. The van der Waals surface area contributed by atoms with Gasteiger partial charge in [0, 0.05) is 13.5 Å². The summed E-state index contributed by atoms with van der Waals surface area (Å²) in [5.41, 5.74) is 3.69. The van der Waals surface area contributed by atoms with Gasteiger partial charge in [0.05, 0.1) is 7.11 Å². The standard InChI is InChI=1S/C16H23NO2/c1-10-7-14(15(19-4)8-11(10)2)13(12-5-6-12)9-16(18)17-3/h7-8,12-13H,5-6,9H2,1-4H3,(H,17,18). The number of hydrogen-bond acceptors (Lipinski definition) is 2. The summed E-state index contributed by atoms with van der Waals surface area (Å²) in [5, 5.41) is 2.73. The van der Waals surface area contributed by atoms with Gasteiger partial charge in [-0.1, -0.05) is 6.07 Å². The number of methoxy groups -OCH3 is 1. The SMILES string of the molecule is CNC(=O)CC(c1cc(C)c(C)cc1OC)C1CC1. The molecule has 0 bridgehead atoms. The van der Waals surface area contributed by atoms with E-state index in [1.54, 1.807) is 14.2 Å². The molecule has 1 unspecified atom stereocenters. The number of amides is 1. The number of hydrogen-bond donors (Lipinski definition) is 1. The topological polar surface area (TPSA) is 38.3 Å². The zero-order chi connectivity index (χ0) is 14.0. The van der Waals surface area contributed by atoms with Crippen molar-refractivity contribution in [3.63, 3.8) is 0 Å². The first kappa shape index (κ1) is 13.9. The average Bonchev–Trinajstić information content (AvgIpc) is 3.22. The van der Waals surface area contributed by atoms with Gasteiger partial charge in [0.25, 0.3) is 0 Å². The van der Waals surface area contributed by atoms with Crippen LogP contribution in [0.2, 0.25) is 0 Å². The molecule has 1 aliphatic rings. The Morgan fingerprint density at radius 1 is 1.37 bits per heavy atom. The average molecular weight is 261 g/mol. The number of ether oxygens (including phenoxy) is 1. The number of carbonyl (C=O) groups is 1. The fraction of sp³-hybridized carbons (Fsp3) is 0.562. The van der Waals surface area contributed by atoms with E-state index in [4.69, 9.17) is 4.74 Å². The van der Waals surface area contributed by atoms with Gasteiger partial charge in [-0.15, -0.1) is 0 Å². The molecule has 104 valence electrons. The van der Waals surface area contributed by atoms with E-state index < -0.39 is 0 Å². The Hall–Kier alpha value is -1.51. The largest absolute Gasteiger partial charge is 0.496 e. The minimum atomic E-state index is 0.109. The lowest BCUT2D eigenvalue weighted by Gasteiger charge is -2.20. The van der Waals surface area contributed by atoms with Crippen molar-refractivity contribution < 1.29 is 9.53 Å². The minimum absolute atomic E-state index is 0.109. The third kappa shape index (κ3) is 3.09. The smallest absolute Gasteiger partial charge is 0.220 e. The van der Waals surface area contributed by atoms with Crippen LogP contribution in [0.5, 0.6) is 5.75 Å². The monoisotopic (exact) mass is 261 g/mol. The van der Waals surface area contributed by atoms with Gasteiger partial charge < -0.3 is 10.1 Å². The maximum atomic E-state index is 11.7. The zero-order valence-electron chi connectivity index (χ0n) is 12.2. The summed E-state index contributed by atoms with van der Waals surface area (Å²) < 4.78 is 5.52. The van der Waals surface area contributed by atoms with Crippen LogP contribution in [0.1, 0.15) is 41.9 Å². The molecule has 1 aromatic rings. The third-order valence-electron chi connectivity index (χ3n) is 4.12. The van der Waals surface area contributed by atoms with Crippen LogP contribution in [0.25, 0.3) is 0 Å². The van der Waals surface area contributed by atoms with Gasteiger partial charge in [-0.2, -0.15) is 0 Å². The van der Waals surface area contributed by atoms with Gasteiger partial charge in [0.2, 0.25) is 5.91 Å². The first-order chi connectivity index (χ1) is 9.06. The lowest BCUT2D eigenvalue weighted by Crippen LogP contribution is -2.21. The Morgan fingerprint density at radius 2 is 2.00 bits per heavy atom. The van der Waals surface area contributed by atoms with E-state index in [-0.39, 0.29) is 11.8 Å². The summed E-state index contributed by atoms with van der Waals surface area (Å²) in [7, 11) is 3.40. The van der Waals surface area contributed by atoms with Crippen molar-refractivity contribution in [1.29, 1.82) is 0 Å². The summed E-state index contributed by atoms with van der Waals surface area (Å²) in [6.45, 7) is 4.20. The minimum Gasteiger partial charge on any atom is -0.496 e. The fourth-order valence-corrected chi connectivity index (χ4v) is 2.61. The van der Waals surface area contributed by atoms with Crippen molar-refractivity contribution in [2.75, 3.05) is 14.2 Å². The van der Waals surface area contributed by atoms with Crippen molar-refractivity contribution >= 4 is 5.91 Å². The van der Waals surface area contributed by atoms with Crippen molar-refractivity contribution in [1.82, 2.24) is 5.32 Å². The van der Waals surface area contributed by atoms with Crippen LogP contribution in [0, 0.1) is 19.8 Å². The molecule has 3 nitrogen and oxygen atoms in total. The second-order valence-corrected chi connectivity index (χ2v) is 5.50. The van der Waals surface area contributed by atoms with E-state index in [0.29, 0.717) is 12.3 Å². The lowest BCUT2D eigenvalue weighted by atomic mass is 9.88. The van der Waals surface area contributed by atoms with Gasteiger partial charge in [-0.25, -0.2) is 0 Å². The molecular weight excluding hydrogens is 238 g/mol. The highest BCUT2D eigenvalue weighted by molar-refractivity contribution is 5.76. The molecule has 1 saturated carbocycles. The summed E-state index contributed by atoms with van der Waals surface area (Å²) in [6.07, 6.45) is 3.00. The second kappa shape index (κ2) is 5.64. The van der Waals surface area contributed by atoms with Gasteiger partial charge in [0.1, 0.15) is 5.75 Å². The molecule has 0 heterocycles. The lowest BCUT2D eigenvalue weighted by molar-refractivity contribution is -0.121. The molecule has 3 heteroatoms. The van der Waals surface area contributed by atoms with Crippen molar-refractivity contribution in [2.45, 2.75) is 39.0 Å². The van der Waals surface area contributed by atoms with Gasteiger partial charge in [-0.3, -0.25) is 4.79 Å². The number of benzene rings is 1. The molecule has 1 fully saturated rings. The quantitative estimate of drug-likeness (QED) is 0.885. The van der Waals surface area contributed by atoms with E-state index in [1.165, 1.54) is 29.5 Å². The second-order valence-electron chi connectivity index (χ2n) is 5.50. The van der Waals surface area contributed by atoms with E-state index in [9.17, 15) is 4.79 Å². The maximum Gasteiger partial charge on any atom is 0.220 e. The van der Waals surface area contributed by atoms with Crippen LogP contribution in [0.3, 0.4) is 0 Å². The number of aryl methyl sites for hydroxylation is 2. The Balaban J connectivity index is 2.35. The number of carbonyl (C=O) groups excluding carboxylic acids is 1. The Labute approximate surface area is 115 Å².